The van der Waals surface area contributed by atoms with E-state index in [0.29, 0.717) is 33.8 Å². The molecule has 0 unspecified atom stereocenters. The predicted octanol–water partition coefficient (Wildman–Crippen LogP) is 7.17. The maximum Gasteiger partial charge on any atom is 0.322 e. The Bertz CT molecular complexity index is 1260. The SMILES string of the molecule is O=C(Nc1ccc(Cl)cc1Cl)N1CCC[C@@H]1c1nc2cc(-c3ccccc3)ccc2o1. The van der Waals surface area contributed by atoms with Gasteiger partial charge in [0.15, 0.2) is 5.58 Å². The van der Waals surface area contributed by atoms with Gasteiger partial charge in [-0.2, -0.15) is 0 Å². The van der Waals surface area contributed by atoms with Crippen molar-refractivity contribution in [3.05, 3.63) is 82.7 Å². The molecule has 3 aromatic carbocycles. The van der Waals surface area contributed by atoms with Gasteiger partial charge in [-0.05, 0) is 54.3 Å². The Balaban J connectivity index is 1.40. The van der Waals surface area contributed by atoms with E-state index in [2.05, 4.69) is 17.4 Å². The first kappa shape index (κ1) is 19.9. The number of urea groups is 1. The molecule has 5 rings (SSSR count). The Morgan fingerprint density at radius 1 is 1.03 bits per heavy atom. The number of benzene rings is 3. The van der Waals surface area contributed by atoms with Crippen LogP contribution in [0.25, 0.3) is 22.2 Å². The fraction of sp³-hybridized carbons (Fsp3) is 0.167. The van der Waals surface area contributed by atoms with Crippen LogP contribution in [0.3, 0.4) is 0 Å². The number of halogens is 2. The average molecular weight is 452 g/mol. The molecule has 0 aliphatic carbocycles. The third kappa shape index (κ3) is 3.99. The van der Waals surface area contributed by atoms with E-state index in [1.54, 1.807) is 23.1 Å². The predicted molar refractivity (Wildman–Crippen MR) is 124 cm³/mol. The third-order valence-corrected chi connectivity index (χ3v) is 6.03. The summed E-state index contributed by atoms with van der Waals surface area (Å²) in [4.78, 5) is 19.4. The Morgan fingerprint density at radius 3 is 2.68 bits per heavy atom. The van der Waals surface area contributed by atoms with Gasteiger partial charge in [-0.25, -0.2) is 9.78 Å². The minimum atomic E-state index is -0.237. The monoisotopic (exact) mass is 451 g/mol. The van der Waals surface area contributed by atoms with Crippen molar-refractivity contribution < 1.29 is 9.21 Å². The van der Waals surface area contributed by atoms with Gasteiger partial charge in [0.25, 0.3) is 0 Å². The van der Waals surface area contributed by atoms with E-state index in [-0.39, 0.29) is 12.1 Å². The van der Waals surface area contributed by atoms with Crippen LogP contribution >= 0.6 is 23.2 Å². The summed E-state index contributed by atoms with van der Waals surface area (Å²) in [6.07, 6.45) is 1.67. The van der Waals surface area contributed by atoms with Crippen LogP contribution in [-0.4, -0.2) is 22.5 Å². The van der Waals surface area contributed by atoms with Gasteiger partial charge >= 0.3 is 6.03 Å². The number of hydrogen-bond donors (Lipinski definition) is 1. The van der Waals surface area contributed by atoms with Crippen molar-refractivity contribution in [2.45, 2.75) is 18.9 Å². The van der Waals surface area contributed by atoms with Gasteiger partial charge in [0, 0.05) is 11.6 Å². The van der Waals surface area contributed by atoms with E-state index in [4.69, 9.17) is 32.6 Å². The number of amides is 2. The van der Waals surface area contributed by atoms with E-state index in [1.165, 1.54) is 0 Å². The highest BCUT2D eigenvalue weighted by Gasteiger charge is 2.34. The van der Waals surface area contributed by atoms with Gasteiger partial charge in [-0.15, -0.1) is 0 Å². The summed E-state index contributed by atoms with van der Waals surface area (Å²) in [5.74, 6) is 0.551. The van der Waals surface area contributed by atoms with Gasteiger partial charge in [-0.3, -0.25) is 0 Å². The van der Waals surface area contributed by atoms with Crippen molar-refractivity contribution in [3.63, 3.8) is 0 Å². The molecule has 1 aromatic heterocycles. The van der Waals surface area contributed by atoms with Gasteiger partial charge in [-0.1, -0.05) is 59.6 Å². The summed E-state index contributed by atoms with van der Waals surface area (Å²) in [5.41, 5.74) is 4.21. The first-order valence-corrected chi connectivity index (χ1v) is 10.8. The average Bonchev–Trinajstić information content (AvgIpc) is 3.42. The van der Waals surface area contributed by atoms with Crippen LogP contribution in [0, 0.1) is 0 Å². The van der Waals surface area contributed by atoms with Crippen molar-refractivity contribution in [2.75, 3.05) is 11.9 Å². The van der Waals surface area contributed by atoms with E-state index < -0.39 is 0 Å². The molecule has 1 N–H and O–H groups in total. The maximum absolute atomic E-state index is 12.9. The molecule has 2 amide bonds. The van der Waals surface area contributed by atoms with Gasteiger partial charge in [0.1, 0.15) is 11.6 Å². The summed E-state index contributed by atoms with van der Waals surface area (Å²) in [6.45, 7) is 0.621. The number of nitrogens with zero attached hydrogens (tertiary/aromatic N) is 2. The van der Waals surface area contributed by atoms with Crippen LogP contribution < -0.4 is 5.32 Å². The highest BCUT2D eigenvalue weighted by Crippen LogP contribution is 2.35. The molecule has 5 nitrogen and oxygen atoms in total. The van der Waals surface area contributed by atoms with Crippen LogP contribution in [0.15, 0.2) is 71.1 Å². The van der Waals surface area contributed by atoms with Crippen LogP contribution in [0.2, 0.25) is 10.0 Å². The van der Waals surface area contributed by atoms with E-state index in [9.17, 15) is 4.79 Å². The lowest BCUT2D eigenvalue weighted by Crippen LogP contribution is -2.34. The smallest absolute Gasteiger partial charge is 0.322 e. The third-order valence-electron chi connectivity index (χ3n) is 5.48. The number of aromatic nitrogens is 1. The van der Waals surface area contributed by atoms with Gasteiger partial charge in [0.05, 0.1) is 10.7 Å². The van der Waals surface area contributed by atoms with E-state index >= 15 is 0 Å². The summed E-state index contributed by atoms with van der Waals surface area (Å²) in [5, 5.41) is 3.78. The van der Waals surface area contributed by atoms with Crippen LogP contribution in [-0.2, 0) is 0 Å². The first-order chi connectivity index (χ1) is 15.1. The molecule has 2 heterocycles. The first-order valence-electron chi connectivity index (χ1n) is 10.1. The van der Waals surface area contributed by atoms with Crippen LogP contribution in [0.5, 0.6) is 0 Å². The van der Waals surface area contributed by atoms with E-state index in [1.807, 2.05) is 36.4 Å². The number of rotatable bonds is 3. The minimum Gasteiger partial charge on any atom is -0.438 e. The molecule has 0 saturated carbocycles. The number of anilines is 1. The quantitative estimate of drug-likeness (QED) is 0.359. The number of oxazole rings is 1. The van der Waals surface area contributed by atoms with E-state index in [0.717, 1.165) is 29.5 Å². The summed E-state index contributed by atoms with van der Waals surface area (Å²) < 4.78 is 6.04. The standard InChI is InChI=1S/C24H19Cl2N3O2/c25-17-9-10-19(18(26)14-17)28-24(30)29-12-4-7-21(29)23-27-20-13-16(8-11-22(20)31-23)15-5-2-1-3-6-15/h1-3,5-6,8-11,13-14,21H,4,7,12H2,(H,28,30)/t21-/m1/s1. The molecule has 1 aliphatic heterocycles. The second-order valence-corrected chi connectivity index (χ2v) is 8.35. The molecule has 1 atom stereocenters. The lowest BCUT2D eigenvalue weighted by atomic mass is 10.1. The molecule has 1 aliphatic rings. The molecule has 4 aromatic rings. The molecule has 1 fully saturated rings. The maximum atomic E-state index is 12.9. The summed E-state index contributed by atoms with van der Waals surface area (Å²) in [7, 11) is 0. The summed E-state index contributed by atoms with van der Waals surface area (Å²) in [6, 6.07) is 20.6. The number of likely N-dealkylation sites (tertiary alicyclic amines) is 1. The highest BCUT2D eigenvalue weighted by atomic mass is 35.5. The highest BCUT2D eigenvalue weighted by molar-refractivity contribution is 6.36. The van der Waals surface area contributed by atoms with Crippen molar-refractivity contribution in [1.29, 1.82) is 0 Å². The number of nitrogens with one attached hydrogen (secondary N) is 1. The van der Waals surface area contributed by atoms with Gasteiger partial charge in [0.2, 0.25) is 5.89 Å². The zero-order chi connectivity index (χ0) is 21.4. The topological polar surface area (TPSA) is 58.4 Å². The Labute approximate surface area is 189 Å². The van der Waals surface area contributed by atoms with Crippen LogP contribution in [0.4, 0.5) is 10.5 Å². The Kier molecular flexibility index (Phi) is 5.30. The second-order valence-electron chi connectivity index (χ2n) is 7.51. The molecule has 0 radical (unpaired) electrons. The Hall–Kier alpha value is -3.02. The second kappa shape index (κ2) is 8.25. The molecule has 1 saturated heterocycles. The molecule has 31 heavy (non-hydrogen) atoms. The zero-order valence-corrected chi connectivity index (χ0v) is 18.0. The molecule has 0 bridgehead atoms. The normalized spacial score (nSPS) is 16.1. The largest absolute Gasteiger partial charge is 0.438 e. The van der Waals surface area contributed by atoms with Crippen molar-refractivity contribution >= 4 is 46.0 Å². The van der Waals surface area contributed by atoms with Gasteiger partial charge < -0.3 is 14.6 Å². The lowest BCUT2D eigenvalue weighted by Gasteiger charge is -2.23. The number of hydrogen-bond acceptors (Lipinski definition) is 3. The van der Waals surface area contributed by atoms with Crippen molar-refractivity contribution in [1.82, 2.24) is 9.88 Å². The lowest BCUT2D eigenvalue weighted by molar-refractivity contribution is 0.199. The van der Waals surface area contributed by atoms with Crippen molar-refractivity contribution in [2.24, 2.45) is 0 Å². The number of fused-ring (bicyclic) bond motifs is 1. The zero-order valence-electron chi connectivity index (χ0n) is 16.5. The molecule has 0 spiro atoms. The molecule has 7 heteroatoms. The number of carbonyl (C=O) groups is 1. The molecular weight excluding hydrogens is 433 g/mol. The fourth-order valence-corrected chi connectivity index (χ4v) is 4.40. The minimum absolute atomic E-state index is 0.223. The molecule has 156 valence electrons. The van der Waals surface area contributed by atoms with Crippen LogP contribution in [0.1, 0.15) is 24.8 Å². The fourth-order valence-electron chi connectivity index (χ4n) is 3.94. The Morgan fingerprint density at radius 2 is 1.87 bits per heavy atom. The van der Waals surface area contributed by atoms with Crippen molar-refractivity contribution in [3.8, 4) is 11.1 Å². The number of carbonyl (C=O) groups excluding carboxylic acids is 1. The molecular formula is C24H19Cl2N3O2. The summed E-state index contributed by atoms with van der Waals surface area (Å²) >= 11 is 12.1.